The van der Waals surface area contributed by atoms with Crippen molar-refractivity contribution in [1.82, 2.24) is 5.32 Å². The third-order valence-electron chi connectivity index (χ3n) is 3.56. The van der Waals surface area contributed by atoms with Gasteiger partial charge in [0, 0.05) is 6.04 Å². The molecule has 1 N–H and O–H groups in total. The Morgan fingerprint density at radius 3 is 2.42 bits per heavy atom. The van der Waals surface area contributed by atoms with Crippen molar-refractivity contribution in [2.45, 2.75) is 52.0 Å². The molecule has 0 heterocycles. The molecule has 0 spiro atoms. The molecule has 1 saturated carbocycles. The molecule has 0 radical (unpaired) electrons. The molecule has 0 amide bonds. The minimum atomic E-state index is 0.804. The molecule has 1 aliphatic rings. The van der Waals surface area contributed by atoms with Gasteiger partial charge in [0.1, 0.15) is 0 Å². The summed E-state index contributed by atoms with van der Waals surface area (Å²) >= 11 is 0. The maximum atomic E-state index is 3.45. The molecule has 0 aromatic carbocycles. The Balaban J connectivity index is 2.41. The molecule has 0 bridgehead atoms. The zero-order valence-corrected chi connectivity index (χ0v) is 8.77. The second kappa shape index (κ2) is 4.86. The Morgan fingerprint density at radius 1 is 1.17 bits per heavy atom. The summed E-state index contributed by atoms with van der Waals surface area (Å²) in [6.45, 7) is 4.66. The van der Waals surface area contributed by atoms with Gasteiger partial charge in [-0.2, -0.15) is 0 Å². The van der Waals surface area contributed by atoms with Gasteiger partial charge in [0.2, 0.25) is 0 Å². The average Bonchev–Trinajstić information content (AvgIpc) is 2.16. The highest BCUT2D eigenvalue weighted by atomic mass is 14.9. The normalized spacial score (nSPS) is 36.8. The van der Waals surface area contributed by atoms with Crippen LogP contribution in [0.1, 0.15) is 46.0 Å². The fourth-order valence-electron chi connectivity index (χ4n) is 2.56. The van der Waals surface area contributed by atoms with Crippen molar-refractivity contribution in [1.29, 1.82) is 0 Å². The van der Waals surface area contributed by atoms with E-state index in [1.54, 1.807) is 0 Å². The van der Waals surface area contributed by atoms with Gasteiger partial charge in [-0.05, 0) is 38.1 Å². The van der Waals surface area contributed by atoms with E-state index in [9.17, 15) is 0 Å². The first kappa shape index (κ1) is 10.0. The predicted octanol–water partition coefficient (Wildman–Crippen LogP) is 2.81. The van der Waals surface area contributed by atoms with Crippen LogP contribution in [0.2, 0.25) is 0 Å². The summed E-state index contributed by atoms with van der Waals surface area (Å²) in [5.74, 6) is 1.95. The maximum Gasteiger partial charge on any atom is 0.00924 e. The van der Waals surface area contributed by atoms with E-state index in [2.05, 4.69) is 26.2 Å². The van der Waals surface area contributed by atoms with Gasteiger partial charge in [-0.3, -0.25) is 0 Å². The molecule has 0 aromatic rings. The minimum absolute atomic E-state index is 0.804. The van der Waals surface area contributed by atoms with E-state index in [4.69, 9.17) is 0 Å². The molecule has 3 atom stereocenters. The average molecular weight is 169 g/mol. The summed E-state index contributed by atoms with van der Waals surface area (Å²) in [4.78, 5) is 0. The van der Waals surface area contributed by atoms with Crippen molar-refractivity contribution in [3.05, 3.63) is 0 Å². The Labute approximate surface area is 76.9 Å². The quantitative estimate of drug-likeness (QED) is 0.685. The van der Waals surface area contributed by atoms with E-state index >= 15 is 0 Å². The number of rotatable bonds is 3. The van der Waals surface area contributed by atoms with Crippen LogP contribution in [0.5, 0.6) is 0 Å². The van der Waals surface area contributed by atoms with E-state index in [1.807, 2.05) is 0 Å². The van der Waals surface area contributed by atoms with E-state index in [0.717, 1.165) is 17.9 Å². The van der Waals surface area contributed by atoms with Crippen LogP contribution in [0, 0.1) is 11.8 Å². The van der Waals surface area contributed by atoms with Gasteiger partial charge in [-0.1, -0.05) is 26.7 Å². The van der Waals surface area contributed by atoms with E-state index in [0.29, 0.717) is 0 Å². The van der Waals surface area contributed by atoms with Crippen LogP contribution in [0.3, 0.4) is 0 Å². The Hall–Kier alpha value is -0.0400. The molecule has 12 heavy (non-hydrogen) atoms. The van der Waals surface area contributed by atoms with Gasteiger partial charge in [-0.25, -0.2) is 0 Å². The maximum absolute atomic E-state index is 3.45. The second-order valence-electron chi connectivity index (χ2n) is 4.15. The lowest BCUT2D eigenvalue weighted by Gasteiger charge is -2.35. The minimum Gasteiger partial charge on any atom is -0.317 e. The molecule has 1 aliphatic carbocycles. The van der Waals surface area contributed by atoms with Gasteiger partial charge in [0.15, 0.2) is 0 Å². The van der Waals surface area contributed by atoms with Crippen molar-refractivity contribution in [3.63, 3.8) is 0 Å². The summed E-state index contributed by atoms with van der Waals surface area (Å²) in [5, 5.41) is 3.45. The molecule has 1 rings (SSSR count). The molecule has 0 aliphatic heterocycles. The highest BCUT2D eigenvalue weighted by Gasteiger charge is 2.26. The van der Waals surface area contributed by atoms with Gasteiger partial charge >= 0.3 is 0 Å². The van der Waals surface area contributed by atoms with Gasteiger partial charge < -0.3 is 5.32 Å². The first-order valence-electron chi connectivity index (χ1n) is 5.49. The zero-order chi connectivity index (χ0) is 8.97. The fraction of sp³-hybridized carbons (Fsp3) is 1.00. The zero-order valence-electron chi connectivity index (χ0n) is 8.77. The van der Waals surface area contributed by atoms with Crippen molar-refractivity contribution in [3.8, 4) is 0 Å². The Kier molecular flexibility index (Phi) is 4.07. The first-order chi connectivity index (χ1) is 5.81. The third-order valence-corrected chi connectivity index (χ3v) is 3.56. The fourth-order valence-corrected chi connectivity index (χ4v) is 2.56. The van der Waals surface area contributed by atoms with Gasteiger partial charge in [0.05, 0.1) is 0 Å². The van der Waals surface area contributed by atoms with Gasteiger partial charge in [-0.15, -0.1) is 0 Å². The molecule has 0 aromatic heterocycles. The first-order valence-corrected chi connectivity index (χ1v) is 5.49. The van der Waals surface area contributed by atoms with Crippen molar-refractivity contribution >= 4 is 0 Å². The topological polar surface area (TPSA) is 12.0 Å². The van der Waals surface area contributed by atoms with Crippen LogP contribution in [0.25, 0.3) is 0 Å². The molecular formula is C11H23N. The standard InChI is InChI=1S/C11H23N/c1-4-9-6-7-11(12-3)10(5-2)8-9/h9-12H,4-8H2,1-3H3. The second-order valence-corrected chi connectivity index (χ2v) is 4.15. The molecule has 0 saturated heterocycles. The summed E-state index contributed by atoms with van der Waals surface area (Å²) in [6.07, 6.45) is 7.03. The SMILES string of the molecule is CCC1CCC(NC)C(CC)C1. The van der Waals surface area contributed by atoms with Crippen molar-refractivity contribution in [2.24, 2.45) is 11.8 Å². The Bertz CT molecular complexity index is 122. The highest BCUT2D eigenvalue weighted by Crippen LogP contribution is 2.32. The van der Waals surface area contributed by atoms with Crippen LogP contribution in [0.4, 0.5) is 0 Å². The molecule has 1 fully saturated rings. The molecule has 72 valence electrons. The molecule has 3 unspecified atom stereocenters. The van der Waals surface area contributed by atoms with Crippen molar-refractivity contribution in [2.75, 3.05) is 7.05 Å². The lowest BCUT2D eigenvalue weighted by Crippen LogP contribution is -2.38. The molecular weight excluding hydrogens is 146 g/mol. The third kappa shape index (κ3) is 2.22. The smallest absolute Gasteiger partial charge is 0.00924 e. The summed E-state index contributed by atoms with van der Waals surface area (Å²) in [6, 6.07) is 0.804. The van der Waals surface area contributed by atoms with Crippen LogP contribution in [-0.4, -0.2) is 13.1 Å². The Morgan fingerprint density at radius 2 is 1.92 bits per heavy atom. The van der Waals surface area contributed by atoms with Crippen molar-refractivity contribution < 1.29 is 0 Å². The lowest BCUT2D eigenvalue weighted by molar-refractivity contribution is 0.201. The monoisotopic (exact) mass is 169 g/mol. The largest absolute Gasteiger partial charge is 0.317 e. The lowest BCUT2D eigenvalue weighted by atomic mass is 9.76. The highest BCUT2D eigenvalue weighted by molar-refractivity contribution is 4.82. The summed E-state index contributed by atoms with van der Waals surface area (Å²) in [7, 11) is 2.11. The van der Waals surface area contributed by atoms with E-state index in [-0.39, 0.29) is 0 Å². The van der Waals surface area contributed by atoms with Crippen LogP contribution >= 0.6 is 0 Å². The van der Waals surface area contributed by atoms with Crippen LogP contribution < -0.4 is 5.32 Å². The molecule has 1 heteroatoms. The summed E-state index contributed by atoms with van der Waals surface area (Å²) < 4.78 is 0. The van der Waals surface area contributed by atoms with Gasteiger partial charge in [0.25, 0.3) is 0 Å². The molecule has 1 nitrogen and oxygen atoms in total. The predicted molar refractivity (Wildman–Crippen MR) is 54.3 cm³/mol. The van der Waals surface area contributed by atoms with E-state index in [1.165, 1.54) is 32.1 Å². The van der Waals surface area contributed by atoms with Crippen LogP contribution in [0.15, 0.2) is 0 Å². The van der Waals surface area contributed by atoms with E-state index < -0.39 is 0 Å². The summed E-state index contributed by atoms with van der Waals surface area (Å²) in [5.41, 5.74) is 0. The number of nitrogens with one attached hydrogen (secondary N) is 1. The van der Waals surface area contributed by atoms with Crippen LogP contribution in [-0.2, 0) is 0 Å². The number of hydrogen-bond donors (Lipinski definition) is 1. The number of hydrogen-bond acceptors (Lipinski definition) is 1.